The minimum absolute atomic E-state index is 0.0264. The number of carbonyl (C=O) groups is 2. The van der Waals surface area contributed by atoms with Crippen molar-refractivity contribution in [3.05, 3.63) is 29.8 Å². The quantitative estimate of drug-likeness (QED) is 0.867. The van der Waals surface area contributed by atoms with Crippen molar-refractivity contribution < 1.29 is 9.59 Å². The molecule has 1 aliphatic rings. The molecule has 0 heterocycles. The smallest absolute Gasteiger partial charge is 0.253 e. The first-order chi connectivity index (χ1) is 9.61. The van der Waals surface area contributed by atoms with E-state index in [1.807, 2.05) is 7.05 Å². The summed E-state index contributed by atoms with van der Waals surface area (Å²) in [6, 6.07) is 7.13. The van der Waals surface area contributed by atoms with Gasteiger partial charge in [0.25, 0.3) is 5.91 Å². The average Bonchev–Trinajstić information content (AvgIpc) is 3.29. The summed E-state index contributed by atoms with van der Waals surface area (Å²) in [6.07, 6.45) is 4.07. The number of rotatable bonds is 6. The van der Waals surface area contributed by atoms with Gasteiger partial charge in [0.2, 0.25) is 5.91 Å². The number of nitrogens with zero attached hydrogens (tertiary/aromatic N) is 1. The number of hydrogen-bond donors (Lipinski definition) is 1. The monoisotopic (exact) mass is 274 g/mol. The molecule has 0 unspecified atom stereocenters. The van der Waals surface area contributed by atoms with Gasteiger partial charge in [0.05, 0.1) is 0 Å². The highest BCUT2D eigenvalue weighted by Crippen LogP contribution is 2.30. The molecule has 2 amide bonds. The molecule has 0 spiro atoms. The van der Waals surface area contributed by atoms with Crippen molar-refractivity contribution in [2.45, 2.75) is 32.6 Å². The van der Waals surface area contributed by atoms with Crippen LogP contribution in [0, 0.1) is 5.92 Å². The second kappa shape index (κ2) is 6.55. The van der Waals surface area contributed by atoms with Crippen LogP contribution in [0.25, 0.3) is 0 Å². The Hall–Kier alpha value is -1.84. The molecule has 4 heteroatoms. The van der Waals surface area contributed by atoms with E-state index >= 15 is 0 Å². The number of benzene rings is 1. The number of nitrogens with one attached hydrogen (secondary N) is 1. The van der Waals surface area contributed by atoms with Gasteiger partial charge in [0.1, 0.15) is 0 Å². The fourth-order valence-corrected chi connectivity index (χ4v) is 2.00. The van der Waals surface area contributed by atoms with Crippen molar-refractivity contribution >= 4 is 17.5 Å². The van der Waals surface area contributed by atoms with Gasteiger partial charge in [-0.05, 0) is 43.5 Å². The second-order valence-electron chi connectivity index (χ2n) is 5.42. The van der Waals surface area contributed by atoms with Crippen LogP contribution in [-0.4, -0.2) is 30.3 Å². The van der Waals surface area contributed by atoms with E-state index in [1.165, 1.54) is 0 Å². The highest BCUT2D eigenvalue weighted by Gasteiger charge is 2.29. The van der Waals surface area contributed by atoms with E-state index in [2.05, 4.69) is 12.2 Å². The van der Waals surface area contributed by atoms with Crippen molar-refractivity contribution in [3.63, 3.8) is 0 Å². The molecule has 0 bridgehead atoms. The summed E-state index contributed by atoms with van der Waals surface area (Å²) >= 11 is 0. The standard InChI is InChI=1S/C16H22N2O2/c1-3-4-11-18(2)16(20)13-7-9-14(10-8-13)17-15(19)12-5-6-12/h7-10,12H,3-6,11H2,1-2H3,(H,17,19). The maximum absolute atomic E-state index is 12.1. The molecule has 2 rings (SSSR count). The van der Waals surface area contributed by atoms with Crippen LogP contribution in [-0.2, 0) is 4.79 Å². The Kier molecular flexibility index (Phi) is 4.77. The first-order valence-corrected chi connectivity index (χ1v) is 7.28. The molecule has 20 heavy (non-hydrogen) atoms. The van der Waals surface area contributed by atoms with Crippen LogP contribution in [0.5, 0.6) is 0 Å². The van der Waals surface area contributed by atoms with Crippen LogP contribution in [0.4, 0.5) is 5.69 Å². The zero-order chi connectivity index (χ0) is 14.5. The molecule has 0 aromatic heterocycles. The number of unbranched alkanes of at least 4 members (excludes halogenated alkanes) is 1. The van der Waals surface area contributed by atoms with Crippen LogP contribution in [0.15, 0.2) is 24.3 Å². The minimum atomic E-state index is 0.0264. The summed E-state index contributed by atoms with van der Waals surface area (Å²) in [4.78, 5) is 25.5. The van der Waals surface area contributed by atoms with Crippen LogP contribution in [0.3, 0.4) is 0 Å². The summed E-state index contributed by atoms with van der Waals surface area (Å²) < 4.78 is 0. The van der Waals surface area contributed by atoms with Gasteiger partial charge in [-0.15, -0.1) is 0 Å². The van der Waals surface area contributed by atoms with Crippen LogP contribution in [0.1, 0.15) is 43.0 Å². The van der Waals surface area contributed by atoms with Crippen LogP contribution < -0.4 is 5.32 Å². The SMILES string of the molecule is CCCCN(C)C(=O)c1ccc(NC(=O)C2CC2)cc1. The van der Waals surface area contributed by atoms with E-state index in [1.54, 1.807) is 29.2 Å². The van der Waals surface area contributed by atoms with Gasteiger partial charge >= 0.3 is 0 Å². The first kappa shape index (κ1) is 14.6. The molecular formula is C16H22N2O2. The van der Waals surface area contributed by atoms with E-state index in [0.29, 0.717) is 5.56 Å². The van der Waals surface area contributed by atoms with Crippen molar-refractivity contribution in [1.29, 1.82) is 0 Å². The van der Waals surface area contributed by atoms with Gasteiger partial charge in [-0.2, -0.15) is 0 Å². The lowest BCUT2D eigenvalue weighted by molar-refractivity contribution is -0.117. The predicted octanol–water partition coefficient (Wildman–Crippen LogP) is 2.91. The molecule has 1 fully saturated rings. The average molecular weight is 274 g/mol. The van der Waals surface area contributed by atoms with Crippen molar-refractivity contribution in [1.82, 2.24) is 4.90 Å². The predicted molar refractivity (Wildman–Crippen MR) is 79.7 cm³/mol. The fraction of sp³-hybridized carbons (Fsp3) is 0.500. The van der Waals surface area contributed by atoms with Gasteiger partial charge < -0.3 is 10.2 Å². The highest BCUT2D eigenvalue weighted by molar-refractivity contribution is 5.96. The lowest BCUT2D eigenvalue weighted by Gasteiger charge is -2.16. The van der Waals surface area contributed by atoms with Crippen molar-refractivity contribution in [3.8, 4) is 0 Å². The van der Waals surface area contributed by atoms with E-state index in [9.17, 15) is 9.59 Å². The maximum atomic E-state index is 12.1. The molecule has 1 aliphatic carbocycles. The number of hydrogen-bond acceptors (Lipinski definition) is 2. The zero-order valence-corrected chi connectivity index (χ0v) is 12.2. The van der Waals surface area contributed by atoms with Crippen LogP contribution in [0.2, 0.25) is 0 Å². The van der Waals surface area contributed by atoms with Gasteiger partial charge in [0, 0.05) is 30.8 Å². The third-order valence-corrected chi connectivity index (χ3v) is 3.54. The lowest BCUT2D eigenvalue weighted by atomic mass is 10.1. The minimum Gasteiger partial charge on any atom is -0.342 e. The molecule has 1 saturated carbocycles. The van der Waals surface area contributed by atoms with E-state index in [4.69, 9.17) is 0 Å². The summed E-state index contributed by atoms with van der Waals surface area (Å²) in [5.74, 6) is 0.305. The van der Waals surface area contributed by atoms with E-state index < -0.39 is 0 Å². The molecule has 1 N–H and O–H groups in total. The molecule has 108 valence electrons. The Morgan fingerprint density at radius 3 is 2.45 bits per heavy atom. The molecule has 0 atom stereocenters. The Balaban J connectivity index is 1.92. The van der Waals surface area contributed by atoms with Crippen molar-refractivity contribution in [2.24, 2.45) is 5.92 Å². The van der Waals surface area contributed by atoms with E-state index in [-0.39, 0.29) is 17.7 Å². The Labute approximate surface area is 120 Å². The molecule has 1 aromatic carbocycles. The topological polar surface area (TPSA) is 49.4 Å². The molecule has 4 nitrogen and oxygen atoms in total. The highest BCUT2D eigenvalue weighted by atomic mass is 16.2. The molecular weight excluding hydrogens is 252 g/mol. The largest absolute Gasteiger partial charge is 0.342 e. The van der Waals surface area contributed by atoms with Gasteiger partial charge in [-0.3, -0.25) is 9.59 Å². The molecule has 0 radical (unpaired) electrons. The fourth-order valence-electron chi connectivity index (χ4n) is 2.00. The molecule has 1 aromatic rings. The summed E-state index contributed by atoms with van der Waals surface area (Å²) in [5.41, 5.74) is 1.42. The summed E-state index contributed by atoms with van der Waals surface area (Å²) in [7, 11) is 1.82. The third-order valence-electron chi connectivity index (χ3n) is 3.54. The Morgan fingerprint density at radius 1 is 1.25 bits per heavy atom. The maximum Gasteiger partial charge on any atom is 0.253 e. The first-order valence-electron chi connectivity index (χ1n) is 7.28. The number of carbonyl (C=O) groups excluding carboxylic acids is 2. The second-order valence-corrected chi connectivity index (χ2v) is 5.42. The third kappa shape index (κ3) is 3.83. The van der Waals surface area contributed by atoms with Gasteiger partial charge in [0.15, 0.2) is 0 Å². The zero-order valence-electron chi connectivity index (χ0n) is 12.2. The van der Waals surface area contributed by atoms with Crippen LogP contribution >= 0.6 is 0 Å². The molecule has 0 aliphatic heterocycles. The summed E-state index contributed by atoms with van der Waals surface area (Å²) in [6.45, 7) is 2.88. The Morgan fingerprint density at radius 2 is 1.90 bits per heavy atom. The lowest BCUT2D eigenvalue weighted by Crippen LogP contribution is -2.27. The van der Waals surface area contributed by atoms with E-state index in [0.717, 1.165) is 37.9 Å². The van der Waals surface area contributed by atoms with Crippen molar-refractivity contribution in [2.75, 3.05) is 18.9 Å². The Bertz CT molecular complexity index is 478. The van der Waals surface area contributed by atoms with Gasteiger partial charge in [-0.25, -0.2) is 0 Å². The normalized spacial score (nSPS) is 13.9. The molecule has 0 saturated heterocycles. The van der Waals surface area contributed by atoms with Gasteiger partial charge in [-0.1, -0.05) is 13.3 Å². The number of anilines is 1. The summed E-state index contributed by atoms with van der Waals surface area (Å²) in [5, 5.41) is 2.87. The number of amides is 2.